The number of amides is 2. The van der Waals surface area contributed by atoms with Crippen molar-refractivity contribution < 1.29 is 28.6 Å². The van der Waals surface area contributed by atoms with E-state index in [4.69, 9.17) is 30.6 Å². The van der Waals surface area contributed by atoms with Crippen molar-refractivity contribution in [2.45, 2.75) is 51.1 Å². The summed E-state index contributed by atoms with van der Waals surface area (Å²) >= 11 is 6.10. The molecule has 2 atom stereocenters. The molecule has 4 rings (SSSR count). The lowest BCUT2D eigenvalue weighted by molar-refractivity contribution is -0.203. The lowest BCUT2D eigenvalue weighted by Crippen LogP contribution is -2.43. The van der Waals surface area contributed by atoms with Gasteiger partial charge in [0, 0.05) is 23.6 Å². The molecule has 2 aliphatic rings. The molecule has 1 fully saturated rings. The molecule has 2 amide bonds. The third-order valence-corrected chi connectivity index (χ3v) is 5.68. The Kier molecular flexibility index (Phi) is 7.47. The number of nitrogens with one attached hydrogen (secondary N) is 2. The number of halogens is 1. The molecule has 2 heterocycles. The van der Waals surface area contributed by atoms with Crippen LogP contribution in [0.5, 0.6) is 5.75 Å². The van der Waals surface area contributed by atoms with Crippen LogP contribution in [0, 0.1) is 0 Å². The molecule has 2 N–H and O–H groups in total. The van der Waals surface area contributed by atoms with Gasteiger partial charge in [0.2, 0.25) is 0 Å². The van der Waals surface area contributed by atoms with Crippen LogP contribution in [0.3, 0.4) is 0 Å². The first kappa shape index (κ1) is 22.4. The predicted molar refractivity (Wildman–Crippen MR) is 117 cm³/mol. The zero-order valence-corrected chi connectivity index (χ0v) is 18.2. The lowest BCUT2D eigenvalue weighted by Gasteiger charge is -2.28. The van der Waals surface area contributed by atoms with Crippen molar-refractivity contribution in [3.63, 3.8) is 0 Å². The third kappa shape index (κ3) is 5.70. The van der Waals surface area contributed by atoms with Crippen molar-refractivity contribution in [1.29, 1.82) is 0 Å². The van der Waals surface area contributed by atoms with Gasteiger partial charge >= 0.3 is 6.09 Å². The van der Waals surface area contributed by atoms with Crippen LogP contribution in [-0.2, 0) is 32.1 Å². The van der Waals surface area contributed by atoms with Gasteiger partial charge in [0.15, 0.2) is 12.4 Å². The van der Waals surface area contributed by atoms with Crippen molar-refractivity contribution >= 4 is 29.3 Å². The van der Waals surface area contributed by atoms with Crippen LogP contribution >= 0.6 is 11.6 Å². The largest absolute Gasteiger partial charge is 0.478 e. The third-order valence-electron chi connectivity index (χ3n) is 5.31. The van der Waals surface area contributed by atoms with E-state index in [1.165, 1.54) is 0 Å². The SMILES string of the molecule is O=C(Nc1cccc2c1O[C@H](C(=O)NOC1CCCCO1)CC2)OCc1ccccc1Cl. The fourth-order valence-corrected chi connectivity index (χ4v) is 3.78. The van der Waals surface area contributed by atoms with Crippen LogP contribution in [0.15, 0.2) is 42.5 Å². The second-order valence-corrected chi connectivity index (χ2v) is 8.02. The van der Waals surface area contributed by atoms with Gasteiger partial charge in [0.05, 0.1) is 5.69 Å². The molecule has 2 aliphatic heterocycles. The summed E-state index contributed by atoms with van der Waals surface area (Å²) in [5, 5.41) is 3.21. The van der Waals surface area contributed by atoms with E-state index in [1.807, 2.05) is 18.2 Å². The summed E-state index contributed by atoms with van der Waals surface area (Å²) in [6, 6.07) is 12.5. The number of benzene rings is 2. The molecule has 0 aliphatic carbocycles. The van der Waals surface area contributed by atoms with Gasteiger partial charge in [-0.1, -0.05) is 41.9 Å². The molecular weight excluding hydrogens is 436 g/mol. The average molecular weight is 461 g/mol. The minimum atomic E-state index is -0.742. The first-order valence-electron chi connectivity index (χ1n) is 10.6. The summed E-state index contributed by atoms with van der Waals surface area (Å²) in [6.45, 7) is 0.655. The van der Waals surface area contributed by atoms with E-state index in [2.05, 4.69) is 10.8 Å². The standard InChI is InChI=1S/C23H25ClN2O6/c24-17-8-2-1-6-16(17)14-30-23(28)25-18-9-5-7-15-11-12-19(31-21(15)18)22(27)26-32-20-10-3-4-13-29-20/h1-2,5-9,19-20H,3-4,10-14H2,(H,25,28)(H,26,27)/t19-,20?/m0/s1. The van der Waals surface area contributed by atoms with Crippen molar-refractivity contribution in [3.8, 4) is 5.75 Å². The molecule has 0 spiro atoms. The van der Waals surface area contributed by atoms with Crippen LogP contribution in [0.1, 0.15) is 36.8 Å². The topological polar surface area (TPSA) is 95.1 Å². The van der Waals surface area contributed by atoms with Crippen LogP contribution in [0.25, 0.3) is 0 Å². The number of aryl methyl sites for hydroxylation is 1. The molecule has 1 saturated heterocycles. The van der Waals surface area contributed by atoms with E-state index < -0.39 is 18.5 Å². The molecule has 2 aromatic rings. The molecule has 32 heavy (non-hydrogen) atoms. The first-order chi connectivity index (χ1) is 15.6. The number of hydroxylamine groups is 1. The number of rotatable bonds is 6. The number of fused-ring (bicyclic) bond motifs is 1. The Morgan fingerprint density at radius 2 is 1.97 bits per heavy atom. The summed E-state index contributed by atoms with van der Waals surface area (Å²) in [5.74, 6) is 0.0587. The van der Waals surface area contributed by atoms with E-state index in [1.54, 1.807) is 24.3 Å². The zero-order valence-electron chi connectivity index (χ0n) is 17.5. The second-order valence-electron chi connectivity index (χ2n) is 7.61. The smallest absolute Gasteiger partial charge is 0.412 e. The van der Waals surface area contributed by atoms with Crippen LogP contribution < -0.4 is 15.5 Å². The fourth-order valence-electron chi connectivity index (χ4n) is 3.59. The van der Waals surface area contributed by atoms with Crippen molar-refractivity contribution in [2.24, 2.45) is 0 Å². The fraction of sp³-hybridized carbons (Fsp3) is 0.391. The highest BCUT2D eigenvalue weighted by Crippen LogP contribution is 2.35. The minimum absolute atomic E-state index is 0.0347. The number of hydrogen-bond acceptors (Lipinski definition) is 6. The lowest BCUT2D eigenvalue weighted by atomic mass is 10.0. The maximum atomic E-state index is 12.5. The molecule has 9 heteroatoms. The van der Waals surface area contributed by atoms with Gasteiger partial charge in [-0.3, -0.25) is 10.1 Å². The summed E-state index contributed by atoms with van der Waals surface area (Å²) in [7, 11) is 0. The van der Waals surface area contributed by atoms with Crippen LogP contribution in [0.4, 0.5) is 10.5 Å². The molecule has 170 valence electrons. The quantitative estimate of drug-likeness (QED) is 0.622. The van der Waals surface area contributed by atoms with Crippen LogP contribution in [0.2, 0.25) is 5.02 Å². The predicted octanol–water partition coefficient (Wildman–Crippen LogP) is 4.36. The van der Waals surface area contributed by atoms with Gasteiger partial charge < -0.3 is 14.2 Å². The van der Waals surface area contributed by atoms with E-state index in [9.17, 15) is 9.59 Å². The Morgan fingerprint density at radius 1 is 1.09 bits per heavy atom. The summed E-state index contributed by atoms with van der Waals surface area (Å²) in [6.07, 6.45) is 2.01. The number of carbonyl (C=O) groups excluding carboxylic acids is 2. The van der Waals surface area contributed by atoms with Gasteiger partial charge in [0.25, 0.3) is 5.91 Å². The minimum Gasteiger partial charge on any atom is -0.478 e. The molecule has 0 saturated carbocycles. The maximum absolute atomic E-state index is 12.5. The number of hydrogen-bond donors (Lipinski definition) is 2. The highest BCUT2D eigenvalue weighted by Gasteiger charge is 2.29. The number of carbonyl (C=O) groups is 2. The Hall–Kier alpha value is -2.81. The second kappa shape index (κ2) is 10.7. The Labute approximate surface area is 191 Å². The maximum Gasteiger partial charge on any atom is 0.412 e. The molecule has 0 bridgehead atoms. The average Bonchev–Trinajstić information content (AvgIpc) is 2.82. The molecule has 8 nitrogen and oxygen atoms in total. The zero-order chi connectivity index (χ0) is 22.3. The molecule has 0 aromatic heterocycles. The van der Waals surface area contributed by atoms with E-state index in [0.29, 0.717) is 41.5 Å². The van der Waals surface area contributed by atoms with E-state index in [-0.39, 0.29) is 12.5 Å². The van der Waals surface area contributed by atoms with E-state index >= 15 is 0 Å². The van der Waals surface area contributed by atoms with Crippen molar-refractivity contribution in [2.75, 3.05) is 11.9 Å². The molecular formula is C23H25ClN2O6. The molecule has 2 aromatic carbocycles. The van der Waals surface area contributed by atoms with Crippen molar-refractivity contribution in [3.05, 3.63) is 58.6 Å². The number of ether oxygens (including phenoxy) is 3. The summed E-state index contributed by atoms with van der Waals surface area (Å²) in [4.78, 5) is 30.2. The Balaban J connectivity index is 1.34. The van der Waals surface area contributed by atoms with Gasteiger partial charge in [0.1, 0.15) is 12.4 Å². The molecule has 1 unspecified atom stereocenters. The Bertz CT molecular complexity index is 963. The van der Waals surface area contributed by atoms with Gasteiger partial charge in [-0.05, 0) is 43.4 Å². The molecule has 0 radical (unpaired) electrons. The first-order valence-corrected chi connectivity index (χ1v) is 11.0. The van der Waals surface area contributed by atoms with Crippen LogP contribution in [-0.4, -0.2) is 31.0 Å². The monoisotopic (exact) mass is 460 g/mol. The number of para-hydroxylation sites is 1. The highest BCUT2D eigenvalue weighted by molar-refractivity contribution is 6.31. The normalized spacial score (nSPS) is 19.9. The Morgan fingerprint density at radius 3 is 2.78 bits per heavy atom. The number of anilines is 1. The summed E-state index contributed by atoms with van der Waals surface area (Å²) < 4.78 is 16.7. The van der Waals surface area contributed by atoms with Gasteiger partial charge in [-0.15, -0.1) is 0 Å². The van der Waals surface area contributed by atoms with Gasteiger partial charge in [-0.25, -0.2) is 15.1 Å². The van der Waals surface area contributed by atoms with Gasteiger partial charge in [-0.2, -0.15) is 0 Å². The highest BCUT2D eigenvalue weighted by atomic mass is 35.5. The summed E-state index contributed by atoms with van der Waals surface area (Å²) in [5.41, 5.74) is 4.48. The van der Waals surface area contributed by atoms with E-state index in [0.717, 1.165) is 24.8 Å². The van der Waals surface area contributed by atoms with Crippen molar-refractivity contribution in [1.82, 2.24) is 5.48 Å².